The van der Waals surface area contributed by atoms with E-state index in [9.17, 15) is 18.0 Å². The van der Waals surface area contributed by atoms with Crippen molar-refractivity contribution in [3.8, 4) is 23.1 Å². The average molecular weight is 513 g/mol. The molecule has 37 heavy (non-hydrogen) atoms. The molecule has 0 aliphatic carbocycles. The molecular weight excluding hydrogens is 491 g/mol. The zero-order valence-corrected chi connectivity index (χ0v) is 19.4. The molecule has 3 aromatic heterocycles. The summed E-state index contributed by atoms with van der Waals surface area (Å²) in [6.07, 6.45) is 2.30. The van der Waals surface area contributed by atoms with Crippen molar-refractivity contribution in [3.05, 3.63) is 48.8 Å². The molecule has 1 saturated heterocycles. The highest BCUT2D eigenvalue weighted by Crippen LogP contribution is 2.45. The SMILES string of the molecule is N#CCC1(N)CCN(c2cccnc2-c2c(N)cnc(NC(=O)c3cnccn3)c2OC(F)(F)F)CC1. The summed E-state index contributed by atoms with van der Waals surface area (Å²) >= 11 is 0. The van der Waals surface area contributed by atoms with E-state index in [0.29, 0.717) is 31.6 Å². The maximum absolute atomic E-state index is 13.5. The Morgan fingerprint density at radius 2 is 1.95 bits per heavy atom. The molecule has 1 fully saturated rings. The number of pyridine rings is 2. The third-order valence-corrected chi connectivity index (χ3v) is 5.86. The number of hydrogen-bond donors (Lipinski definition) is 3. The van der Waals surface area contributed by atoms with Crippen LogP contribution < -0.4 is 26.4 Å². The molecule has 0 unspecified atom stereocenters. The number of piperidine rings is 1. The molecule has 192 valence electrons. The first-order valence-electron chi connectivity index (χ1n) is 11.1. The third kappa shape index (κ3) is 5.84. The first-order chi connectivity index (χ1) is 17.6. The summed E-state index contributed by atoms with van der Waals surface area (Å²) < 4.78 is 44.9. The van der Waals surface area contributed by atoms with Gasteiger partial charge < -0.3 is 26.4 Å². The molecule has 1 amide bonds. The van der Waals surface area contributed by atoms with Crippen molar-refractivity contribution < 1.29 is 22.7 Å². The molecule has 0 spiro atoms. The Labute approximate surface area is 209 Å². The second-order valence-corrected chi connectivity index (χ2v) is 8.41. The molecule has 14 heteroatoms. The molecule has 11 nitrogen and oxygen atoms in total. The highest BCUT2D eigenvalue weighted by Gasteiger charge is 2.37. The van der Waals surface area contributed by atoms with Crippen molar-refractivity contribution in [3.63, 3.8) is 0 Å². The van der Waals surface area contributed by atoms with Crippen LogP contribution in [-0.2, 0) is 0 Å². The predicted octanol–water partition coefficient (Wildman–Crippen LogP) is 2.88. The van der Waals surface area contributed by atoms with Crippen molar-refractivity contribution in [2.45, 2.75) is 31.2 Å². The summed E-state index contributed by atoms with van der Waals surface area (Å²) in [6.45, 7) is 0.876. The molecule has 1 aliphatic rings. The van der Waals surface area contributed by atoms with Gasteiger partial charge in [0.1, 0.15) is 5.69 Å². The fourth-order valence-electron chi connectivity index (χ4n) is 4.01. The number of hydrogen-bond acceptors (Lipinski definition) is 10. The molecule has 5 N–H and O–H groups in total. The lowest BCUT2D eigenvalue weighted by molar-refractivity contribution is -0.274. The second-order valence-electron chi connectivity index (χ2n) is 8.41. The minimum absolute atomic E-state index is 0.0986. The van der Waals surface area contributed by atoms with E-state index in [4.69, 9.17) is 16.7 Å². The molecule has 0 radical (unpaired) electrons. The van der Waals surface area contributed by atoms with E-state index in [0.717, 1.165) is 12.4 Å². The number of nitrogens with zero attached hydrogens (tertiary/aromatic N) is 6. The van der Waals surface area contributed by atoms with Crippen molar-refractivity contribution >= 4 is 23.1 Å². The van der Waals surface area contributed by atoms with Gasteiger partial charge in [-0.15, -0.1) is 13.2 Å². The fraction of sp³-hybridized carbons (Fsp3) is 0.304. The van der Waals surface area contributed by atoms with Gasteiger partial charge in [0.15, 0.2) is 11.6 Å². The first-order valence-corrected chi connectivity index (χ1v) is 11.1. The van der Waals surface area contributed by atoms with Crippen LogP contribution in [0, 0.1) is 11.3 Å². The van der Waals surface area contributed by atoms with Crippen LogP contribution in [0.25, 0.3) is 11.3 Å². The van der Waals surface area contributed by atoms with Crippen LogP contribution in [0.2, 0.25) is 0 Å². The number of carbonyl (C=O) groups is 1. The number of aromatic nitrogens is 4. The van der Waals surface area contributed by atoms with Gasteiger partial charge in [0, 0.05) is 37.2 Å². The minimum atomic E-state index is -5.13. The number of nitrogens with one attached hydrogen (secondary N) is 1. The fourth-order valence-corrected chi connectivity index (χ4v) is 4.01. The highest BCUT2D eigenvalue weighted by molar-refractivity contribution is 6.04. The molecule has 3 aromatic rings. The standard InChI is InChI=1S/C23H22F3N9O2/c24-23(25,26)37-19-17(14(28)12-33-20(19)34-21(36)15-13-30-8-9-31-15)18-16(2-1-7-32-18)35-10-4-22(29,3-6-27)5-11-35/h1-2,7-9,12-13H,3-5,10-11,28-29H2,(H,33,34,36). The number of nitriles is 1. The lowest BCUT2D eigenvalue weighted by atomic mass is 9.85. The van der Waals surface area contributed by atoms with Gasteiger partial charge >= 0.3 is 6.36 Å². The normalized spacial score (nSPS) is 15.1. The van der Waals surface area contributed by atoms with E-state index in [1.54, 1.807) is 12.1 Å². The van der Waals surface area contributed by atoms with Gasteiger partial charge in [-0.3, -0.25) is 14.8 Å². The van der Waals surface area contributed by atoms with Crippen LogP contribution in [0.15, 0.2) is 43.1 Å². The van der Waals surface area contributed by atoms with Crippen LogP contribution in [0.5, 0.6) is 5.75 Å². The van der Waals surface area contributed by atoms with E-state index in [2.05, 4.69) is 36.1 Å². The Morgan fingerprint density at radius 1 is 1.19 bits per heavy atom. The average Bonchev–Trinajstić information content (AvgIpc) is 2.86. The Balaban J connectivity index is 1.77. The molecule has 0 aromatic carbocycles. The van der Waals surface area contributed by atoms with E-state index in [-0.39, 0.29) is 29.1 Å². The molecule has 0 atom stereocenters. The molecule has 4 heterocycles. The Morgan fingerprint density at radius 3 is 2.59 bits per heavy atom. The molecule has 1 aliphatic heterocycles. The van der Waals surface area contributed by atoms with E-state index in [1.807, 2.05) is 4.90 Å². The lowest BCUT2D eigenvalue weighted by Crippen LogP contribution is -2.50. The minimum Gasteiger partial charge on any atom is -0.401 e. The van der Waals surface area contributed by atoms with Gasteiger partial charge in [0.05, 0.1) is 47.5 Å². The van der Waals surface area contributed by atoms with Gasteiger partial charge in [0.25, 0.3) is 5.91 Å². The number of amides is 1. The maximum atomic E-state index is 13.5. The molecular formula is C23H22F3N9O2. The Kier molecular flexibility index (Phi) is 7.07. The Bertz CT molecular complexity index is 1320. The largest absolute Gasteiger partial charge is 0.573 e. The van der Waals surface area contributed by atoms with Crippen LogP contribution in [0.3, 0.4) is 0 Å². The number of anilines is 3. The highest BCUT2D eigenvalue weighted by atomic mass is 19.4. The van der Waals surface area contributed by atoms with Crippen LogP contribution in [0.4, 0.5) is 30.4 Å². The van der Waals surface area contributed by atoms with Crippen LogP contribution in [-0.4, -0.2) is 50.8 Å². The smallest absolute Gasteiger partial charge is 0.401 e. The second kappa shape index (κ2) is 10.2. The molecule has 4 rings (SSSR count). The summed E-state index contributed by atoms with van der Waals surface area (Å²) in [5, 5.41) is 11.3. The quantitative estimate of drug-likeness (QED) is 0.445. The van der Waals surface area contributed by atoms with Gasteiger partial charge in [0.2, 0.25) is 0 Å². The van der Waals surface area contributed by atoms with Crippen LogP contribution in [0.1, 0.15) is 29.8 Å². The predicted molar refractivity (Wildman–Crippen MR) is 127 cm³/mol. The van der Waals surface area contributed by atoms with E-state index >= 15 is 0 Å². The number of halogens is 3. The number of alkyl halides is 3. The summed E-state index contributed by atoms with van der Waals surface area (Å²) in [7, 11) is 0. The summed E-state index contributed by atoms with van der Waals surface area (Å²) in [5.41, 5.74) is 11.9. The molecule has 0 saturated carbocycles. The summed E-state index contributed by atoms with van der Waals surface area (Å²) in [6, 6.07) is 5.42. The van der Waals surface area contributed by atoms with Gasteiger partial charge in [-0.2, -0.15) is 5.26 Å². The third-order valence-electron chi connectivity index (χ3n) is 5.86. The molecule has 0 bridgehead atoms. The Hall–Kier alpha value is -4.51. The van der Waals surface area contributed by atoms with Gasteiger partial charge in [-0.1, -0.05) is 0 Å². The lowest BCUT2D eigenvalue weighted by Gasteiger charge is -2.39. The maximum Gasteiger partial charge on any atom is 0.573 e. The zero-order chi connectivity index (χ0) is 26.6. The number of ether oxygens (including phenoxy) is 1. The number of nitrogen functional groups attached to an aromatic ring is 1. The van der Waals surface area contributed by atoms with Gasteiger partial charge in [-0.05, 0) is 25.0 Å². The number of carbonyl (C=O) groups excluding carboxylic acids is 1. The van der Waals surface area contributed by atoms with E-state index in [1.165, 1.54) is 18.6 Å². The first kappa shape index (κ1) is 25.6. The topological polar surface area (TPSA) is 169 Å². The van der Waals surface area contributed by atoms with Crippen molar-refractivity contribution in [2.75, 3.05) is 29.0 Å². The summed E-state index contributed by atoms with van der Waals surface area (Å²) in [4.78, 5) is 30.3. The van der Waals surface area contributed by atoms with Crippen LogP contribution >= 0.6 is 0 Å². The van der Waals surface area contributed by atoms with Crippen molar-refractivity contribution in [1.29, 1.82) is 5.26 Å². The number of rotatable bonds is 6. The van der Waals surface area contributed by atoms with Crippen molar-refractivity contribution in [1.82, 2.24) is 19.9 Å². The van der Waals surface area contributed by atoms with Crippen molar-refractivity contribution in [2.24, 2.45) is 5.73 Å². The monoisotopic (exact) mass is 513 g/mol. The number of nitrogens with two attached hydrogens (primary N) is 2. The summed E-state index contributed by atoms with van der Waals surface area (Å²) in [5.74, 6) is -2.20. The van der Waals surface area contributed by atoms with E-state index < -0.39 is 29.4 Å². The zero-order valence-electron chi connectivity index (χ0n) is 19.4. The van der Waals surface area contributed by atoms with Gasteiger partial charge in [-0.25, -0.2) is 9.97 Å².